The van der Waals surface area contributed by atoms with E-state index in [0.29, 0.717) is 25.1 Å². The van der Waals surface area contributed by atoms with Gasteiger partial charge in [0.25, 0.3) is 0 Å². The third-order valence-corrected chi connectivity index (χ3v) is 6.64. The van der Waals surface area contributed by atoms with Crippen molar-refractivity contribution in [2.45, 2.75) is 25.3 Å². The lowest BCUT2D eigenvalue weighted by atomic mass is 9.86. The molecule has 2 aliphatic heterocycles. The summed E-state index contributed by atoms with van der Waals surface area (Å²) in [5.41, 5.74) is 7.33. The van der Waals surface area contributed by atoms with Crippen LogP contribution in [0.4, 0.5) is 5.69 Å². The van der Waals surface area contributed by atoms with Crippen molar-refractivity contribution < 1.29 is 24.6 Å². The summed E-state index contributed by atoms with van der Waals surface area (Å²) in [5, 5.41) is 27.9. The number of piperazine rings is 1. The first-order valence-electron chi connectivity index (χ1n) is 11.6. The van der Waals surface area contributed by atoms with Gasteiger partial charge in [0, 0.05) is 63.0 Å². The van der Waals surface area contributed by atoms with Gasteiger partial charge in [0.05, 0.1) is 6.54 Å². The molecule has 0 spiro atoms. The Kier molecular flexibility index (Phi) is 8.83. The van der Waals surface area contributed by atoms with Gasteiger partial charge >= 0.3 is 11.9 Å². The number of carboxylic acid groups (broad SMARTS) is 2. The number of benzene rings is 1. The van der Waals surface area contributed by atoms with Crippen molar-refractivity contribution in [1.29, 1.82) is 5.41 Å². The monoisotopic (exact) mass is 474 g/mol. The molecule has 2 saturated heterocycles. The van der Waals surface area contributed by atoms with E-state index < -0.39 is 18.5 Å². The summed E-state index contributed by atoms with van der Waals surface area (Å²) in [5.74, 6) is -2.06. The molecule has 2 unspecified atom stereocenters. The standard InChI is InChI=1S/C23H34N6O5/c24-23(25)16-1-4-18(5-2-16)28-9-11-29(12-10-28)19-7-8-27(15-22(33)34)14-17(19)3-6-20(30)26-13-21(31)32/h1-2,4-5,17,19H,3,6-15H2,(H3,24,25)(H,26,30)(H,31,32)(H,33,34). The molecule has 1 aromatic carbocycles. The Labute approximate surface area is 199 Å². The van der Waals surface area contributed by atoms with Crippen LogP contribution in [0.15, 0.2) is 24.3 Å². The minimum atomic E-state index is -1.08. The van der Waals surface area contributed by atoms with Crippen LogP contribution in [0, 0.1) is 11.3 Å². The number of carbonyl (C=O) groups is 3. The molecule has 11 nitrogen and oxygen atoms in total. The molecule has 0 radical (unpaired) electrons. The molecule has 11 heteroatoms. The SMILES string of the molecule is N=C(N)c1ccc(N2CCN(C3CCN(CC(=O)O)CC3CCC(=O)NCC(=O)O)CC2)cc1. The number of amides is 1. The number of nitrogens with one attached hydrogen (secondary N) is 2. The van der Waals surface area contributed by atoms with E-state index in [1.165, 1.54) is 0 Å². The van der Waals surface area contributed by atoms with E-state index in [2.05, 4.69) is 15.1 Å². The average molecular weight is 475 g/mol. The maximum absolute atomic E-state index is 12.1. The van der Waals surface area contributed by atoms with Crippen molar-refractivity contribution in [2.75, 3.05) is 57.3 Å². The number of likely N-dealkylation sites (tertiary alicyclic amines) is 1. The molecular formula is C23H34N6O5. The number of nitrogens with two attached hydrogens (primary N) is 1. The van der Waals surface area contributed by atoms with E-state index in [-0.39, 0.29) is 36.7 Å². The third-order valence-electron chi connectivity index (χ3n) is 6.64. The molecule has 2 fully saturated rings. The molecule has 34 heavy (non-hydrogen) atoms. The van der Waals surface area contributed by atoms with Crippen LogP contribution in [0.2, 0.25) is 0 Å². The predicted molar refractivity (Wildman–Crippen MR) is 127 cm³/mol. The average Bonchev–Trinajstić information content (AvgIpc) is 2.81. The lowest BCUT2D eigenvalue weighted by Crippen LogP contribution is -2.57. The molecule has 2 heterocycles. The Morgan fingerprint density at radius 3 is 2.29 bits per heavy atom. The minimum absolute atomic E-state index is 0.0154. The topological polar surface area (TPSA) is 163 Å². The van der Waals surface area contributed by atoms with Crippen LogP contribution in [-0.2, 0) is 14.4 Å². The first kappa shape index (κ1) is 25.4. The number of piperidine rings is 1. The fourth-order valence-electron chi connectivity index (χ4n) is 4.94. The summed E-state index contributed by atoms with van der Waals surface area (Å²) in [6.07, 6.45) is 1.64. The zero-order valence-electron chi connectivity index (χ0n) is 19.3. The molecule has 2 aliphatic rings. The molecule has 0 aliphatic carbocycles. The van der Waals surface area contributed by atoms with Gasteiger partial charge < -0.3 is 26.2 Å². The molecule has 1 amide bonds. The largest absolute Gasteiger partial charge is 0.480 e. The summed E-state index contributed by atoms with van der Waals surface area (Å²) in [6, 6.07) is 7.92. The van der Waals surface area contributed by atoms with Crippen LogP contribution in [-0.4, -0.2) is 102 Å². The van der Waals surface area contributed by atoms with Gasteiger partial charge in [0.1, 0.15) is 12.4 Å². The fourth-order valence-corrected chi connectivity index (χ4v) is 4.94. The van der Waals surface area contributed by atoms with E-state index in [0.717, 1.165) is 38.3 Å². The molecule has 2 atom stereocenters. The number of nitrogens with zero attached hydrogens (tertiary/aromatic N) is 3. The Morgan fingerprint density at radius 2 is 1.71 bits per heavy atom. The van der Waals surface area contributed by atoms with Gasteiger partial charge in [0.2, 0.25) is 5.91 Å². The number of anilines is 1. The lowest BCUT2D eigenvalue weighted by molar-refractivity contribution is -0.139. The number of hydrogen-bond donors (Lipinski definition) is 5. The van der Waals surface area contributed by atoms with Crippen molar-refractivity contribution in [2.24, 2.45) is 11.7 Å². The number of rotatable bonds is 10. The summed E-state index contributed by atoms with van der Waals surface area (Å²) in [4.78, 5) is 40.6. The zero-order valence-corrected chi connectivity index (χ0v) is 19.3. The molecule has 6 N–H and O–H groups in total. The van der Waals surface area contributed by atoms with Crippen LogP contribution in [0.3, 0.4) is 0 Å². The summed E-state index contributed by atoms with van der Waals surface area (Å²) >= 11 is 0. The van der Waals surface area contributed by atoms with Gasteiger partial charge in [-0.25, -0.2) is 0 Å². The number of aliphatic carboxylic acids is 2. The second-order valence-corrected chi connectivity index (χ2v) is 8.94. The minimum Gasteiger partial charge on any atom is -0.480 e. The maximum Gasteiger partial charge on any atom is 0.322 e. The van der Waals surface area contributed by atoms with Crippen molar-refractivity contribution in [3.63, 3.8) is 0 Å². The van der Waals surface area contributed by atoms with Crippen molar-refractivity contribution in [3.05, 3.63) is 29.8 Å². The Balaban J connectivity index is 1.58. The molecule has 0 aromatic heterocycles. The number of nitrogen functional groups attached to an aromatic ring is 1. The second kappa shape index (κ2) is 11.8. The smallest absolute Gasteiger partial charge is 0.322 e. The Bertz CT molecular complexity index is 884. The second-order valence-electron chi connectivity index (χ2n) is 8.94. The Hall–Kier alpha value is -3.18. The highest BCUT2D eigenvalue weighted by Crippen LogP contribution is 2.28. The molecule has 0 saturated carbocycles. The van der Waals surface area contributed by atoms with E-state index >= 15 is 0 Å². The van der Waals surface area contributed by atoms with E-state index in [1.54, 1.807) is 0 Å². The third kappa shape index (κ3) is 7.16. The van der Waals surface area contributed by atoms with E-state index in [1.807, 2.05) is 29.2 Å². The van der Waals surface area contributed by atoms with Crippen LogP contribution in [0.25, 0.3) is 0 Å². The quantitative estimate of drug-likeness (QED) is 0.229. The molecule has 1 aromatic rings. The number of carboxylic acids is 2. The first-order valence-corrected chi connectivity index (χ1v) is 11.6. The predicted octanol–water partition coefficient (Wildman–Crippen LogP) is -0.151. The summed E-state index contributed by atoms with van der Waals surface area (Å²) in [6.45, 7) is 4.31. The first-order chi connectivity index (χ1) is 16.2. The highest BCUT2D eigenvalue weighted by Gasteiger charge is 2.35. The van der Waals surface area contributed by atoms with Crippen molar-refractivity contribution in [3.8, 4) is 0 Å². The van der Waals surface area contributed by atoms with Crippen molar-refractivity contribution >= 4 is 29.4 Å². The number of amidine groups is 1. The molecule has 3 rings (SSSR count). The molecule has 0 bridgehead atoms. The summed E-state index contributed by atoms with van der Waals surface area (Å²) in [7, 11) is 0. The molecular weight excluding hydrogens is 440 g/mol. The van der Waals surface area contributed by atoms with Crippen molar-refractivity contribution in [1.82, 2.24) is 15.1 Å². The maximum atomic E-state index is 12.1. The van der Waals surface area contributed by atoms with Crippen LogP contribution < -0.4 is 16.0 Å². The summed E-state index contributed by atoms with van der Waals surface area (Å²) < 4.78 is 0. The van der Waals surface area contributed by atoms with Gasteiger partial charge in [-0.15, -0.1) is 0 Å². The Morgan fingerprint density at radius 1 is 1.03 bits per heavy atom. The van der Waals surface area contributed by atoms with Crippen LogP contribution >= 0.6 is 0 Å². The zero-order chi connectivity index (χ0) is 24.7. The van der Waals surface area contributed by atoms with E-state index in [9.17, 15) is 19.5 Å². The number of hydrogen-bond acceptors (Lipinski definition) is 7. The van der Waals surface area contributed by atoms with Gasteiger partial charge in [0.15, 0.2) is 0 Å². The van der Waals surface area contributed by atoms with Crippen LogP contribution in [0.1, 0.15) is 24.8 Å². The van der Waals surface area contributed by atoms with Crippen LogP contribution in [0.5, 0.6) is 0 Å². The number of carbonyl (C=O) groups excluding carboxylic acids is 1. The normalized spacial score (nSPS) is 21.7. The lowest BCUT2D eigenvalue weighted by Gasteiger charge is -2.47. The van der Waals surface area contributed by atoms with Gasteiger partial charge in [-0.2, -0.15) is 0 Å². The van der Waals surface area contributed by atoms with Gasteiger partial charge in [-0.3, -0.25) is 29.6 Å². The van der Waals surface area contributed by atoms with E-state index in [4.69, 9.17) is 16.2 Å². The van der Waals surface area contributed by atoms with Gasteiger partial charge in [-0.1, -0.05) is 0 Å². The highest BCUT2D eigenvalue weighted by atomic mass is 16.4. The highest BCUT2D eigenvalue weighted by molar-refractivity contribution is 5.95. The molecule has 186 valence electrons. The van der Waals surface area contributed by atoms with Gasteiger partial charge in [-0.05, 0) is 43.0 Å². The fraction of sp³-hybridized carbons (Fsp3) is 0.565.